The second-order valence-corrected chi connectivity index (χ2v) is 1.89. The van der Waals surface area contributed by atoms with E-state index in [1.807, 2.05) is 12.2 Å². The summed E-state index contributed by atoms with van der Waals surface area (Å²) >= 11 is 5.58. The Bertz CT molecular complexity index is 94.6. The summed E-state index contributed by atoms with van der Waals surface area (Å²) in [6.07, 6.45) is 5.62. The maximum absolute atomic E-state index is 5.58. The lowest BCUT2D eigenvalue weighted by Crippen LogP contribution is -1.99. The van der Waals surface area contributed by atoms with Crippen molar-refractivity contribution in [1.82, 2.24) is 0 Å². The van der Waals surface area contributed by atoms with Crippen LogP contribution in [0.1, 0.15) is 0 Å². The van der Waals surface area contributed by atoms with Gasteiger partial charge in [0.15, 0.2) is 0 Å². The molecule has 1 heterocycles. The highest BCUT2D eigenvalue weighted by Gasteiger charge is 1.94. The molecule has 0 aromatic heterocycles. The Kier molecular flexibility index (Phi) is 1.47. The fourth-order valence-electron chi connectivity index (χ4n) is 0.463. The second kappa shape index (κ2) is 2.12. The predicted molar refractivity (Wildman–Crippen MR) is 32.1 cm³/mol. The third kappa shape index (κ3) is 1.32. The Morgan fingerprint density at radius 2 is 2.57 bits per heavy atom. The number of alkyl halides is 1. The summed E-state index contributed by atoms with van der Waals surface area (Å²) in [5, 5.41) is 0.0359. The van der Waals surface area contributed by atoms with E-state index in [1.54, 1.807) is 6.21 Å². The normalized spacial score (nSPS) is 28.4. The van der Waals surface area contributed by atoms with E-state index in [2.05, 4.69) is 4.99 Å². The zero-order chi connectivity index (χ0) is 5.11. The molecule has 1 aliphatic heterocycles. The molecule has 0 bridgehead atoms. The molecule has 0 fully saturated rings. The molecule has 7 heavy (non-hydrogen) atoms. The molecule has 0 saturated heterocycles. The number of dihydropyridines is 1. The molecule has 0 aromatic carbocycles. The van der Waals surface area contributed by atoms with Crippen LogP contribution in [0.15, 0.2) is 17.1 Å². The van der Waals surface area contributed by atoms with Crippen molar-refractivity contribution in [2.24, 2.45) is 4.99 Å². The summed E-state index contributed by atoms with van der Waals surface area (Å²) in [6, 6.07) is 0. The minimum atomic E-state index is 0.0359. The fraction of sp³-hybridized carbons (Fsp3) is 0.400. The summed E-state index contributed by atoms with van der Waals surface area (Å²) in [5.74, 6) is 0. The van der Waals surface area contributed by atoms with Crippen LogP contribution >= 0.6 is 11.6 Å². The molecular formula is C5H6ClN. The molecule has 0 amide bonds. The monoisotopic (exact) mass is 115 g/mol. The molecule has 1 rings (SSSR count). The lowest BCUT2D eigenvalue weighted by molar-refractivity contribution is 1.19. The van der Waals surface area contributed by atoms with E-state index in [4.69, 9.17) is 11.6 Å². The first-order valence-corrected chi connectivity index (χ1v) is 2.64. The maximum atomic E-state index is 5.58. The highest BCUT2D eigenvalue weighted by atomic mass is 35.5. The average Bonchev–Trinajstić information content (AvgIpc) is 1.69. The minimum absolute atomic E-state index is 0.0359. The largest absolute Gasteiger partial charge is 0.292 e. The summed E-state index contributed by atoms with van der Waals surface area (Å²) < 4.78 is 0. The van der Waals surface area contributed by atoms with Gasteiger partial charge >= 0.3 is 0 Å². The number of rotatable bonds is 0. The molecule has 1 aliphatic rings. The number of nitrogens with zero attached hydrogens (tertiary/aromatic N) is 1. The standard InChI is InChI=1S/C5H6ClN/c6-5-2-1-3-7-4-5/h1-2,4-5H,3H2. The molecule has 1 atom stereocenters. The van der Waals surface area contributed by atoms with Crippen LogP contribution in [0.3, 0.4) is 0 Å². The van der Waals surface area contributed by atoms with Crippen LogP contribution in [0.25, 0.3) is 0 Å². The lowest BCUT2D eigenvalue weighted by atomic mass is 10.3. The van der Waals surface area contributed by atoms with Crippen LogP contribution < -0.4 is 0 Å². The van der Waals surface area contributed by atoms with E-state index in [-0.39, 0.29) is 5.38 Å². The number of hydrogen-bond acceptors (Lipinski definition) is 1. The highest BCUT2D eigenvalue weighted by molar-refractivity contribution is 6.29. The molecule has 0 aliphatic carbocycles. The first-order valence-electron chi connectivity index (χ1n) is 2.20. The summed E-state index contributed by atoms with van der Waals surface area (Å²) in [6.45, 7) is 0.795. The zero-order valence-corrected chi connectivity index (χ0v) is 4.60. The van der Waals surface area contributed by atoms with Crippen LogP contribution in [0, 0.1) is 0 Å². The Labute approximate surface area is 47.7 Å². The predicted octanol–water partition coefficient (Wildman–Crippen LogP) is 1.23. The van der Waals surface area contributed by atoms with Crippen molar-refractivity contribution in [2.45, 2.75) is 5.38 Å². The van der Waals surface area contributed by atoms with Gasteiger partial charge in [-0.2, -0.15) is 0 Å². The molecule has 0 saturated carbocycles. The minimum Gasteiger partial charge on any atom is -0.292 e. The topological polar surface area (TPSA) is 12.4 Å². The summed E-state index contributed by atoms with van der Waals surface area (Å²) in [7, 11) is 0. The van der Waals surface area contributed by atoms with Gasteiger partial charge in [-0.25, -0.2) is 0 Å². The highest BCUT2D eigenvalue weighted by Crippen LogP contribution is 1.97. The van der Waals surface area contributed by atoms with Crippen molar-refractivity contribution in [3.63, 3.8) is 0 Å². The first-order chi connectivity index (χ1) is 3.39. The quantitative estimate of drug-likeness (QED) is 0.333. The maximum Gasteiger partial charge on any atom is 0.0864 e. The van der Waals surface area contributed by atoms with Crippen LogP contribution in [0.2, 0.25) is 0 Å². The molecule has 0 radical (unpaired) electrons. The van der Waals surface area contributed by atoms with Gasteiger partial charge in [0.25, 0.3) is 0 Å². The number of aliphatic imine (C=N–C) groups is 1. The molecule has 0 N–H and O–H groups in total. The molecule has 38 valence electrons. The summed E-state index contributed by atoms with van der Waals surface area (Å²) in [4.78, 5) is 3.91. The Morgan fingerprint density at radius 1 is 1.71 bits per heavy atom. The van der Waals surface area contributed by atoms with Crippen molar-refractivity contribution >= 4 is 17.8 Å². The van der Waals surface area contributed by atoms with Gasteiger partial charge in [0.05, 0.1) is 11.9 Å². The van der Waals surface area contributed by atoms with Crippen molar-refractivity contribution in [3.8, 4) is 0 Å². The van der Waals surface area contributed by atoms with Crippen molar-refractivity contribution < 1.29 is 0 Å². The van der Waals surface area contributed by atoms with Crippen molar-refractivity contribution in [2.75, 3.05) is 6.54 Å². The van der Waals surface area contributed by atoms with Gasteiger partial charge in [0.1, 0.15) is 0 Å². The third-order valence-corrected chi connectivity index (χ3v) is 1.04. The Hall–Kier alpha value is -0.300. The van der Waals surface area contributed by atoms with Gasteiger partial charge in [-0.15, -0.1) is 11.6 Å². The average molecular weight is 116 g/mol. The van der Waals surface area contributed by atoms with E-state index in [0.717, 1.165) is 6.54 Å². The SMILES string of the molecule is ClC1C=CCN=C1. The Morgan fingerprint density at radius 3 is 2.86 bits per heavy atom. The molecule has 1 unspecified atom stereocenters. The van der Waals surface area contributed by atoms with Crippen molar-refractivity contribution in [1.29, 1.82) is 0 Å². The van der Waals surface area contributed by atoms with Gasteiger partial charge in [0.2, 0.25) is 0 Å². The van der Waals surface area contributed by atoms with E-state index in [0.29, 0.717) is 0 Å². The van der Waals surface area contributed by atoms with E-state index >= 15 is 0 Å². The van der Waals surface area contributed by atoms with Crippen LogP contribution in [0.5, 0.6) is 0 Å². The fourth-order valence-corrected chi connectivity index (χ4v) is 0.646. The molecule has 0 aromatic rings. The van der Waals surface area contributed by atoms with Gasteiger partial charge in [-0.3, -0.25) is 4.99 Å². The summed E-state index contributed by atoms with van der Waals surface area (Å²) in [5.41, 5.74) is 0. The Balaban J connectivity index is 2.49. The molecular weight excluding hydrogens is 110 g/mol. The first kappa shape index (κ1) is 4.85. The number of hydrogen-bond donors (Lipinski definition) is 0. The number of allylic oxidation sites excluding steroid dienone is 1. The van der Waals surface area contributed by atoms with Gasteiger partial charge in [-0.1, -0.05) is 12.2 Å². The third-order valence-electron chi connectivity index (χ3n) is 0.779. The van der Waals surface area contributed by atoms with Crippen molar-refractivity contribution in [3.05, 3.63) is 12.2 Å². The molecule has 0 spiro atoms. The van der Waals surface area contributed by atoms with Crippen LogP contribution in [-0.2, 0) is 0 Å². The van der Waals surface area contributed by atoms with Gasteiger partial charge in [-0.05, 0) is 0 Å². The molecule has 1 nitrogen and oxygen atoms in total. The van der Waals surface area contributed by atoms with E-state index in [1.165, 1.54) is 0 Å². The van der Waals surface area contributed by atoms with Crippen LogP contribution in [-0.4, -0.2) is 18.1 Å². The van der Waals surface area contributed by atoms with Crippen LogP contribution in [0.4, 0.5) is 0 Å². The van der Waals surface area contributed by atoms with Gasteiger partial charge in [0, 0.05) is 6.21 Å². The lowest BCUT2D eigenvalue weighted by Gasteiger charge is -1.97. The molecule has 2 heteroatoms. The zero-order valence-electron chi connectivity index (χ0n) is 3.84. The van der Waals surface area contributed by atoms with Gasteiger partial charge < -0.3 is 0 Å². The number of halogens is 1. The smallest absolute Gasteiger partial charge is 0.0864 e. The van der Waals surface area contributed by atoms with E-state index in [9.17, 15) is 0 Å². The second-order valence-electron chi connectivity index (χ2n) is 1.39. The van der Waals surface area contributed by atoms with E-state index < -0.39 is 0 Å².